The van der Waals surface area contributed by atoms with E-state index in [-0.39, 0.29) is 10.9 Å². The van der Waals surface area contributed by atoms with Gasteiger partial charge in [0.1, 0.15) is 0 Å². The predicted molar refractivity (Wildman–Crippen MR) is 118 cm³/mol. The Balaban J connectivity index is 1.54. The Hall–Kier alpha value is -2.37. The molecule has 0 bridgehead atoms. The minimum atomic E-state index is -3.73. The number of carbonyl (C=O) groups excluding carboxylic acids is 1. The first-order valence-corrected chi connectivity index (χ1v) is 13.0. The fourth-order valence-electron chi connectivity index (χ4n) is 3.64. The lowest BCUT2D eigenvalue weighted by molar-refractivity contribution is 0.0900. The van der Waals surface area contributed by atoms with E-state index in [0.717, 1.165) is 25.0 Å². The zero-order valence-corrected chi connectivity index (χ0v) is 18.9. The average molecular weight is 464 g/mol. The molecule has 1 aliphatic heterocycles. The standard InChI is InChI=1S/C20H25N5O4S2/c1-30-14-10-15(19-23-22-17-7-3-6-13-25(17)19)21-20(26)16-8-9-18(29-16)31(27,28)24-11-4-2-5-12-24/h3,6-9,13,15H,2,4-5,10-12,14H2,1H3,(H,21,26). The summed E-state index contributed by atoms with van der Waals surface area (Å²) in [6.07, 6.45) is 7.16. The number of amides is 1. The highest BCUT2D eigenvalue weighted by atomic mass is 32.2. The summed E-state index contributed by atoms with van der Waals surface area (Å²) >= 11 is 1.66. The molecule has 4 heterocycles. The van der Waals surface area contributed by atoms with Gasteiger partial charge >= 0.3 is 0 Å². The number of hydrogen-bond donors (Lipinski definition) is 1. The molecule has 0 saturated carbocycles. The molecule has 3 aromatic rings. The lowest BCUT2D eigenvalue weighted by atomic mass is 10.2. The van der Waals surface area contributed by atoms with Crippen molar-refractivity contribution in [1.82, 2.24) is 24.2 Å². The van der Waals surface area contributed by atoms with Crippen molar-refractivity contribution in [2.24, 2.45) is 0 Å². The van der Waals surface area contributed by atoms with Gasteiger partial charge in [-0.2, -0.15) is 16.1 Å². The second kappa shape index (κ2) is 9.41. The number of fused-ring (bicyclic) bond motifs is 1. The van der Waals surface area contributed by atoms with Crippen molar-refractivity contribution in [3.63, 3.8) is 0 Å². The van der Waals surface area contributed by atoms with Gasteiger partial charge in [0.2, 0.25) is 5.09 Å². The van der Waals surface area contributed by atoms with Gasteiger partial charge in [0, 0.05) is 19.3 Å². The molecule has 1 saturated heterocycles. The summed E-state index contributed by atoms with van der Waals surface area (Å²) in [5, 5.41) is 11.1. The number of pyridine rings is 1. The Morgan fingerprint density at radius 2 is 2.00 bits per heavy atom. The van der Waals surface area contributed by atoms with Crippen molar-refractivity contribution in [2.45, 2.75) is 36.8 Å². The van der Waals surface area contributed by atoms with Crippen LogP contribution in [0.3, 0.4) is 0 Å². The summed E-state index contributed by atoms with van der Waals surface area (Å²) in [6, 6.07) is 7.94. The SMILES string of the molecule is CSCCC(NC(=O)c1ccc(S(=O)(=O)N2CCCCC2)o1)c1nnc2ccccn12. The lowest BCUT2D eigenvalue weighted by Crippen LogP contribution is -2.35. The molecule has 0 radical (unpaired) electrons. The van der Waals surface area contributed by atoms with Gasteiger partial charge < -0.3 is 9.73 Å². The van der Waals surface area contributed by atoms with E-state index in [1.165, 1.54) is 16.4 Å². The van der Waals surface area contributed by atoms with E-state index in [1.54, 1.807) is 11.8 Å². The Morgan fingerprint density at radius 1 is 1.19 bits per heavy atom. The molecule has 1 fully saturated rings. The van der Waals surface area contributed by atoms with Crippen molar-refractivity contribution < 1.29 is 17.6 Å². The van der Waals surface area contributed by atoms with E-state index >= 15 is 0 Å². The molecule has 0 aromatic carbocycles. The van der Waals surface area contributed by atoms with E-state index in [0.29, 0.717) is 31.0 Å². The number of hydrogen-bond acceptors (Lipinski definition) is 7. The number of aromatic nitrogens is 3. The van der Waals surface area contributed by atoms with Crippen molar-refractivity contribution in [3.8, 4) is 0 Å². The monoisotopic (exact) mass is 463 g/mol. The topological polar surface area (TPSA) is 110 Å². The largest absolute Gasteiger partial charge is 0.438 e. The number of nitrogens with one attached hydrogen (secondary N) is 1. The quantitative estimate of drug-likeness (QED) is 0.547. The second-order valence-electron chi connectivity index (χ2n) is 7.38. The van der Waals surface area contributed by atoms with Crippen LogP contribution in [0.15, 0.2) is 46.0 Å². The molecule has 1 atom stereocenters. The fourth-order valence-corrected chi connectivity index (χ4v) is 5.54. The first-order chi connectivity index (χ1) is 15.0. The first kappa shape index (κ1) is 21.8. The Morgan fingerprint density at radius 3 is 2.77 bits per heavy atom. The molecule has 1 aliphatic rings. The lowest BCUT2D eigenvalue weighted by Gasteiger charge is -2.24. The zero-order valence-electron chi connectivity index (χ0n) is 17.2. The number of sulfonamides is 1. The molecular formula is C20H25N5O4S2. The normalized spacial score (nSPS) is 16.4. The van der Waals surface area contributed by atoms with Crippen LogP contribution in [0.25, 0.3) is 5.65 Å². The molecular weight excluding hydrogens is 438 g/mol. The summed E-state index contributed by atoms with van der Waals surface area (Å²) in [4.78, 5) is 12.9. The highest BCUT2D eigenvalue weighted by Gasteiger charge is 2.30. The maximum atomic E-state index is 12.9. The molecule has 31 heavy (non-hydrogen) atoms. The van der Waals surface area contributed by atoms with Crippen molar-refractivity contribution in [1.29, 1.82) is 0 Å². The van der Waals surface area contributed by atoms with Crippen LogP contribution in [0.5, 0.6) is 0 Å². The van der Waals surface area contributed by atoms with Gasteiger partial charge in [-0.05, 0) is 55.5 Å². The van der Waals surface area contributed by atoms with Crippen LogP contribution >= 0.6 is 11.8 Å². The highest BCUT2D eigenvalue weighted by molar-refractivity contribution is 7.98. The number of rotatable bonds is 8. The minimum absolute atomic E-state index is 0.0430. The molecule has 0 aliphatic carbocycles. The maximum Gasteiger partial charge on any atom is 0.287 e. The van der Waals surface area contributed by atoms with Gasteiger partial charge in [-0.1, -0.05) is 12.5 Å². The molecule has 9 nitrogen and oxygen atoms in total. The Kier molecular flexibility index (Phi) is 6.63. The zero-order chi connectivity index (χ0) is 21.8. The van der Waals surface area contributed by atoms with Gasteiger partial charge in [0.05, 0.1) is 6.04 Å². The van der Waals surface area contributed by atoms with Gasteiger partial charge in [-0.25, -0.2) is 8.42 Å². The molecule has 3 aromatic heterocycles. The first-order valence-electron chi connectivity index (χ1n) is 10.2. The third-order valence-electron chi connectivity index (χ3n) is 5.28. The van der Waals surface area contributed by atoms with Gasteiger partial charge in [-0.3, -0.25) is 9.20 Å². The minimum Gasteiger partial charge on any atom is -0.438 e. The van der Waals surface area contributed by atoms with E-state index in [4.69, 9.17) is 4.42 Å². The van der Waals surface area contributed by atoms with E-state index < -0.39 is 22.0 Å². The summed E-state index contributed by atoms with van der Waals surface area (Å²) in [5.41, 5.74) is 0.689. The Labute approximate surface area is 185 Å². The second-order valence-corrected chi connectivity index (χ2v) is 10.2. The average Bonchev–Trinajstić information content (AvgIpc) is 3.45. The van der Waals surface area contributed by atoms with Crippen LogP contribution in [-0.2, 0) is 10.0 Å². The van der Waals surface area contributed by atoms with Crippen molar-refractivity contribution in [3.05, 3.63) is 48.1 Å². The molecule has 1 N–H and O–H groups in total. The van der Waals surface area contributed by atoms with Crippen LogP contribution < -0.4 is 5.32 Å². The smallest absolute Gasteiger partial charge is 0.287 e. The van der Waals surface area contributed by atoms with E-state index in [2.05, 4.69) is 15.5 Å². The van der Waals surface area contributed by atoms with Gasteiger partial charge in [-0.15, -0.1) is 10.2 Å². The van der Waals surface area contributed by atoms with Gasteiger partial charge in [0.15, 0.2) is 17.2 Å². The number of piperidine rings is 1. The molecule has 4 rings (SSSR count). The maximum absolute atomic E-state index is 12.9. The van der Waals surface area contributed by atoms with Crippen molar-refractivity contribution >= 4 is 33.3 Å². The number of carbonyl (C=O) groups is 1. The summed E-state index contributed by atoms with van der Waals surface area (Å²) in [7, 11) is -3.73. The van der Waals surface area contributed by atoms with Gasteiger partial charge in [0.25, 0.3) is 15.9 Å². The molecule has 166 valence electrons. The molecule has 0 spiro atoms. The Bertz CT molecular complexity index is 1150. The predicted octanol–water partition coefficient (Wildman–Crippen LogP) is 2.72. The summed E-state index contributed by atoms with van der Waals surface area (Å²) < 4.78 is 34.3. The third kappa shape index (κ3) is 4.63. The fraction of sp³-hybridized carbons (Fsp3) is 0.450. The van der Waals surface area contributed by atoms with Crippen LogP contribution in [-0.4, -0.2) is 58.3 Å². The van der Waals surface area contributed by atoms with Crippen LogP contribution in [0.4, 0.5) is 0 Å². The van der Waals surface area contributed by atoms with E-state index in [1.807, 2.05) is 35.1 Å². The van der Waals surface area contributed by atoms with E-state index in [9.17, 15) is 13.2 Å². The van der Waals surface area contributed by atoms with Crippen molar-refractivity contribution in [2.75, 3.05) is 25.1 Å². The van der Waals surface area contributed by atoms with Crippen LogP contribution in [0.1, 0.15) is 48.1 Å². The molecule has 1 unspecified atom stereocenters. The summed E-state index contributed by atoms with van der Waals surface area (Å²) in [5.74, 6) is 0.891. The number of nitrogens with zero attached hydrogens (tertiary/aromatic N) is 4. The van der Waals surface area contributed by atoms with Crippen LogP contribution in [0.2, 0.25) is 0 Å². The van der Waals surface area contributed by atoms with Crippen LogP contribution in [0, 0.1) is 0 Å². The number of furan rings is 1. The molecule has 11 heteroatoms. The third-order valence-corrected chi connectivity index (χ3v) is 7.70. The highest BCUT2D eigenvalue weighted by Crippen LogP contribution is 2.24. The number of thioether (sulfide) groups is 1. The molecule has 1 amide bonds. The summed E-state index contributed by atoms with van der Waals surface area (Å²) in [6.45, 7) is 0.947.